The molecule has 0 saturated heterocycles. The molecule has 5 nitrogen and oxygen atoms in total. The first kappa shape index (κ1) is 12.2. The number of aliphatic carboxylic acids is 1. The van der Waals surface area contributed by atoms with Crippen molar-refractivity contribution in [3.63, 3.8) is 0 Å². The van der Waals surface area contributed by atoms with E-state index in [0.29, 0.717) is 6.42 Å². The van der Waals surface area contributed by atoms with Crippen molar-refractivity contribution >= 4 is 5.97 Å². The van der Waals surface area contributed by atoms with Crippen molar-refractivity contribution in [3.8, 4) is 0 Å². The summed E-state index contributed by atoms with van der Waals surface area (Å²) in [5, 5.41) is 8.97. The fourth-order valence-corrected chi connectivity index (χ4v) is 1.85. The van der Waals surface area contributed by atoms with Gasteiger partial charge < -0.3 is 5.11 Å². The number of hydrogen-bond donors (Lipinski definition) is 1. The molecular formula is C13H13N3O2. The summed E-state index contributed by atoms with van der Waals surface area (Å²) < 4.78 is 0. The fraction of sp³-hybridized carbons (Fsp3) is 0.231. The van der Waals surface area contributed by atoms with Gasteiger partial charge >= 0.3 is 5.97 Å². The number of carboxylic acid groups (broad SMARTS) is 1. The Labute approximate surface area is 105 Å². The molecular weight excluding hydrogens is 230 g/mol. The number of nitrogens with zero attached hydrogens (tertiary/aromatic N) is 3. The van der Waals surface area contributed by atoms with Gasteiger partial charge in [0.05, 0.1) is 6.42 Å². The molecule has 1 atom stereocenters. The summed E-state index contributed by atoms with van der Waals surface area (Å²) in [6.45, 7) is 0. The molecule has 0 aliphatic heterocycles. The molecule has 5 heteroatoms. The van der Waals surface area contributed by atoms with E-state index >= 15 is 0 Å². The van der Waals surface area contributed by atoms with E-state index in [0.717, 1.165) is 11.3 Å². The number of carboxylic acids is 1. The van der Waals surface area contributed by atoms with Crippen molar-refractivity contribution in [1.29, 1.82) is 0 Å². The molecule has 0 saturated carbocycles. The maximum absolute atomic E-state index is 10.9. The van der Waals surface area contributed by atoms with Gasteiger partial charge in [0.15, 0.2) is 0 Å². The average Bonchev–Trinajstić information content (AvgIpc) is 2.40. The Hall–Kier alpha value is -2.30. The van der Waals surface area contributed by atoms with Gasteiger partial charge in [-0.15, -0.1) is 0 Å². The van der Waals surface area contributed by atoms with Crippen LogP contribution in [0.3, 0.4) is 0 Å². The van der Waals surface area contributed by atoms with E-state index in [2.05, 4.69) is 15.0 Å². The number of pyridine rings is 1. The monoisotopic (exact) mass is 243 g/mol. The van der Waals surface area contributed by atoms with E-state index in [9.17, 15) is 4.79 Å². The number of carbonyl (C=O) groups is 1. The van der Waals surface area contributed by atoms with E-state index in [4.69, 9.17) is 5.11 Å². The van der Waals surface area contributed by atoms with Gasteiger partial charge in [-0.05, 0) is 36.1 Å². The molecule has 0 spiro atoms. The van der Waals surface area contributed by atoms with Crippen LogP contribution < -0.4 is 0 Å². The van der Waals surface area contributed by atoms with Crippen molar-refractivity contribution < 1.29 is 9.90 Å². The van der Waals surface area contributed by atoms with Gasteiger partial charge in [0.2, 0.25) is 0 Å². The molecule has 18 heavy (non-hydrogen) atoms. The van der Waals surface area contributed by atoms with Crippen LogP contribution in [0.2, 0.25) is 0 Å². The second-order valence-electron chi connectivity index (χ2n) is 3.98. The van der Waals surface area contributed by atoms with Crippen LogP contribution >= 0.6 is 0 Å². The molecule has 0 aromatic carbocycles. The summed E-state index contributed by atoms with van der Waals surface area (Å²) in [7, 11) is 0. The zero-order valence-corrected chi connectivity index (χ0v) is 9.73. The molecule has 0 fully saturated rings. The van der Waals surface area contributed by atoms with Gasteiger partial charge in [-0.1, -0.05) is 0 Å². The lowest BCUT2D eigenvalue weighted by Crippen LogP contribution is -2.10. The van der Waals surface area contributed by atoms with Crippen LogP contribution in [0.5, 0.6) is 0 Å². The third-order valence-electron chi connectivity index (χ3n) is 2.70. The maximum atomic E-state index is 10.9. The first-order valence-electron chi connectivity index (χ1n) is 5.62. The van der Waals surface area contributed by atoms with Gasteiger partial charge in [-0.2, -0.15) is 0 Å². The lowest BCUT2D eigenvalue weighted by molar-refractivity contribution is -0.137. The van der Waals surface area contributed by atoms with Crippen LogP contribution in [-0.4, -0.2) is 26.0 Å². The van der Waals surface area contributed by atoms with E-state index < -0.39 is 5.97 Å². The van der Waals surface area contributed by atoms with Crippen LogP contribution in [-0.2, 0) is 11.2 Å². The van der Waals surface area contributed by atoms with Crippen molar-refractivity contribution in [2.75, 3.05) is 0 Å². The Bertz CT molecular complexity index is 502. The zero-order chi connectivity index (χ0) is 12.8. The third-order valence-corrected chi connectivity index (χ3v) is 2.70. The molecule has 2 aromatic heterocycles. The highest BCUT2D eigenvalue weighted by molar-refractivity contribution is 5.68. The quantitative estimate of drug-likeness (QED) is 0.864. The van der Waals surface area contributed by atoms with E-state index in [1.54, 1.807) is 24.7 Å². The first-order chi connectivity index (χ1) is 8.75. The Morgan fingerprint density at radius 3 is 2.50 bits per heavy atom. The minimum absolute atomic E-state index is 0.0774. The van der Waals surface area contributed by atoms with Gasteiger partial charge in [-0.3, -0.25) is 9.78 Å². The standard InChI is InChI=1S/C13H13N3O2/c17-13(18)8-11(10-1-4-14-5-2-10)7-12-3-6-15-9-16-12/h1-6,9,11H,7-8H2,(H,17,18). The van der Waals surface area contributed by atoms with Crippen molar-refractivity contribution in [2.45, 2.75) is 18.8 Å². The molecule has 0 amide bonds. The van der Waals surface area contributed by atoms with Crippen LogP contribution in [0.15, 0.2) is 43.1 Å². The van der Waals surface area contributed by atoms with Gasteiger partial charge in [0.25, 0.3) is 0 Å². The summed E-state index contributed by atoms with van der Waals surface area (Å²) >= 11 is 0. The molecule has 0 aliphatic carbocycles. The normalized spacial score (nSPS) is 12.0. The number of rotatable bonds is 5. The number of aromatic nitrogens is 3. The Balaban J connectivity index is 2.18. The molecule has 0 radical (unpaired) electrons. The molecule has 2 rings (SSSR count). The SMILES string of the molecule is O=C(O)CC(Cc1ccncn1)c1ccncc1. The van der Waals surface area contributed by atoms with Crippen LogP contribution in [0.4, 0.5) is 0 Å². The Morgan fingerprint density at radius 2 is 1.89 bits per heavy atom. The van der Waals surface area contributed by atoms with Gasteiger partial charge in [0.1, 0.15) is 6.33 Å². The average molecular weight is 243 g/mol. The molecule has 0 aliphatic rings. The lowest BCUT2D eigenvalue weighted by atomic mass is 9.92. The molecule has 0 bridgehead atoms. The minimum atomic E-state index is -0.814. The fourth-order valence-electron chi connectivity index (χ4n) is 1.85. The summed E-state index contributed by atoms with van der Waals surface area (Å²) in [5.41, 5.74) is 1.80. The van der Waals surface area contributed by atoms with Gasteiger partial charge in [-0.25, -0.2) is 9.97 Å². The first-order valence-corrected chi connectivity index (χ1v) is 5.62. The topological polar surface area (TPSA) is 76.0 Å². The maximum Gasteiger partial charge on any atom is 0.303 e. The number of hydrogen-bond acceptors (Lipinski definition) is 4. The highest BCUT2D eigenvalue weighted by Crippen LogP contribution is 2.22. The predicted octanol–water partition coefficient (Wildman–Crippen LogP) is 1.67. The van der Waals surface area contributed by atoms with E-state index in [1.807, 2.05) is 12.1 Å². The van der Waals surface area contributed by atoms with Crippen LogP contribution in [0.25, 0.3) is 0 Å². The Kier molecular flexibility index (Phi) is 3.96. The van der Waals surface area contributed by atoms with Crippen LogP contribution in [0.1, 0.15) is 23.6 Å². The van der Waals surface area contributed by atoms with Crippen molar-refractivity contribution in [2.24, 2.45) is 0 Å². The van der Waals surface area contributed by atoms with Crippen molar-refractivity contribution in [1.82, 2.24) is 15.0 Å². The molecule has 1 unspecified atom stereocenters. The summed E-state index contributed by atoms with van der Waals surface area (Å²) in [4.78, 5) is 22.8. The highest BCUT2D eigenvalue weighted by atomic mass is 16.4. The predicted molar refractivity (Wildman–Crippen MR) is 65.0 cm³/mol. The minimum Gasteiger partial charge on any atom is -0.481 e. The molecule has 1 N–H and O–H groups in total. The van der Waals surface area contributed by atoms with E-state index in [1.165, 1.54) is 6.33 Å². The zero-order valence-electron chi connectivity index (χ0n) is 9.73. The largest absolute Gasteiger partial charge is 0.481 e. The molecule has 2 heterocycles. The second kappa shape index (κ2) is 5.86. The summed E-state index contributed by atoms with van der Waals surface area (Å²) in [6.07, 6.45) is 7.13. The van der Waals surface area contributed by atoms with Gasteiger partial charge in [0, 0.05) is 24.3 Å². The van der Waals surface area contributed by atoms with Crippen molar-refractivity contribution in [3.05, 3.63) is 54.4 Å². The van der Waals surface area contributed by atoms with E-state index in [-0.39, 0.29) is 12.3 Å². The molecule has 2 aromatic rings. The van der Waals surface area contributed by atoms with Crippen LogP contribution in [0, 0.1) is 0 Å². The molecule has 92 valence electrons. The second-order valence-corrected chi connectivity index (χ2v) is 3.98. The Morgan fingerprint density at radius 1 is 1.17 bits per heavy atom. The summed E-state index contributed by atoms with van der Waals surface area (Å²) in [5.74, 6) is -0.911. The highest BCUT2D eigenvalue weighted by Gasteiger charge is 2.16. The summed E-state index contributed by atoms with van der Waals surface area (Å²) in [6, 6.07) is 5.49. The third kappa shape index (κ3) is 3.35. The smallest absolute Gasteiger partial charge is 0.303 e. The lowest BCUT2D eigenvalue weighted by Gasteiger charge is -2.14.